The predicted molar refractivity (Wildman–Crippen MR) is 81.2 cm³/mol. The van der Waals surface area contributed by atoms with Crippen molar-refractivity contribution in [2.45, 2.75) is 26.3 Å². The largest absolute Gasteiger partial charge is 0.496 e. The minimum atomic E-state index is 0.209. The van der Waals surface area contributed by atoms with Crippen LogP contribution < -0.4 is 10.1 Å². The van der Waals surface area contributed by atoms with Crippen molar-refractivity contribution in [3.8, 4) is 5.75 Å². The molecule has 2 aromatic rings. The summed E-state index contributed by atoms with van der Waals surface area (Å²) in [5, 5.41) is 7.78. The molecule has 0 spiro atoms. The average molecular weight is 273 g/mol. The zero-order valence-corrected chi connectivity index (χ0v) is 12.9. The highest BCUT2D eigenvalue weighted by Crippen LogP contribution is 2.28. The Hall–Kier alpha value is -1.81. The van der Waals surface area contributed by atoms with Gasteiger partial charge in [0.15, 0.2) is 0 Å². The molecule has 0 aliphatic rings. The zero-order valence-electron chi connectivity index (χ0n) is 12.9. The summed E-state index contributed by atoms with van der Waals surface area (Å²) in [4.78, 5) is 0. The van der Waals surface area contributed by atoms with E-state index in [1.807, 2.05) is 25.7 Å². The first-order valence-electron chi connectivity index (χ1n) is 6.86. The van der Waals surface area contributed by atoms with Gasteiger partial charge in [-0.2, -0.15) is 5.10 Å². The number of hydrogen-bond acceptors (Lipinski definition) is 3. The molecule has 0 radical (unpaired) electrons. The van der Waals surface area contributed by atoms with Crippen LogP contribution in [-0.2, 0) is 13.5 Å². The first-order chi connectivity index (χ1) is 9.55. The number of ether oxygens (including phenoxy) is 1. The highest BCUT2D eigenvalue weighted by atomic mass is 16.5. The Morgan fingerprint density at radius 1 is 1.30 bits per heavy atom. The molecule has 0 aliphatic heterocycles. The van der Waals surface area contributed by atoms with E-state index in [0.717, 1.165) is 17.9 Å². The third-order valence-electron chi connectivity index (χ3n) is 3.63. The third kappa shape index (κ3) is 3.02. The first kappa shape index (κ1) is 14.6. The number of aryl methyl sites for hydroxylation is 3. The van der Waals surface area contributed by atoms with Crippen molar-refractivity contribution >= 4 is 0 Å². The van der Waals surface area contributed by atoms with Gasteiger partial charge in [0.05, 0.1) is 12.8 Å². The maximum Gasteiger partial charge on any atom is 0.123 e. The summed E-state index contributed by atoms with van der Waals surface area (Å²) >= 11 is 0. The summed E-state index contributed by atoms with van der Waals surface area (Å²) in [7, 11) is 5.69. The van der Waals surface area contributed by atoms with E-state index in [2.05, 4.69) is 41.6 Å². The van der Waals surface area contributed by atoms with Crippen molar-refractivity contribution < 1.29 is 4.74 Å². The molecule has 1 heterocycles. The van der Waals surface area contributed by atoms with E-state index in [1.165, 1.54) is 16.8 Å². The second-order valence-electron chi connectivity index (χ2n) is 5.19. The van der Waals surface area contributed by atoms with Gasteiger partial charge in [0.2, 0.25) is 0 Å². The molecule has 1 aromatic carbocycles. The van der Waals surface area contributed by atoms with Crippen molar-refractivity contribution in [2.75, 3.05) is 14.2 Å². The number of nitrogens with zero attached hydrogens (tertiary/aromatic N) is 2. The number of rotatable bonds is 5. The van der Waals surface area contributed by atoms with Crippen LogP contribution in [0.5, 0.6) is 5.75 Å². The molecule has 1 unspecified atom stereocenters. The Labute approximate surface area is 120 Å². The predicted octanol–water partition coefficient (Wildman–Crippen LogP) is 2.55. The summed E-state index contributed by atoms with van der Waals surface area (Å²) < 4.78 is 7.46. The van der Waals surface area contributed by atoms with Crippen molar-refractivity contribution in [1.29, 1.82) is 0 Å². The topological polar surface area (TPSA) is 39.1 Å². The molecule has 0 bridgehead atoms. The van der Waals surface area contributed by atoms with Gasteiger partial charge >= 0.3 is 0 Å². The van der Waals surface area contributed by atoms with E-state index in [1.54, 1.807) is 7.11 Å². The van der Waals surface area contributed by atoms with Crippen LogP contribution >= 0.6 is 0 Å². The van der Waals surface area contributed by atoms with Crippen LogP contribution in [-0.4, -0.2) is 23.9 Å². The molecule has 1 atom stereocenters. The minimum Gasteiger partial charge on any atom is -0.496 e. The van der Waals surface area contributed by atoms with E-state index >= 15 is 0 Å². The van der Waals surface area contributed by atoms with Gasteiger partial charge in [-0.3, -0.25) is 4.68 Å². The molecule has 20 heavy (non-hydrogen) atoms. The number of nitrogens with one attached hydrogen (secondary N) is 1. The summed E-state index contributed by atoms with van der Waals surface area (Å²) in [5.74, 6) is 0.934. The second kappa shape index (κ2) is 6.09. The maximum absolute atomic E-state index is 5.52. The lowest BCUT2D eigenvalue weighted by molar-refractivity contribution is 0.400. The molecule has 0 saturated heterocycles. The molecule has 4 heteroatoms. The molecule has 1 N–H and O–H groups in total. The lowest BCUT2D eigenvalue weighted by atomic mass is 9.99. The fourth-order valence-corrected chi connectivity index (χ4v) is 2.54. The van der Waals surface area contributed by atoms with Gasteiger partial charge in [-0.1, -0.05) is 12.1 Å². The van der Waals surface area contributed by atoms with Crippen LogP contribution in [0.2, 0.25) is 0 Å². The number of benzene rings is 1. The van der Waals surface area contributed by atoms with Gasteiger partial charge in [0.1, 0.15) is 5.75 Å². The molecule has 2 rings (SSSR count). The number of aromatic nitrogens is 2. The quantitative estimate of drug-likeness (QED) is 0.910. The average Bonchev–Trinajstić information content (AvgIpc) is 2.74. The minimum absolute atomic E-state index is 0.209. The van der Waals surface area contributed by atoms with E-state index < -0.39 is 0 Å². The van der Waals surface area contributed by atoms with Crippen LogP contribution in [0, 0.1) is 13.8 Å². The van der Waals surface area contributed by atoms with E-state index in [4.69, 9.17) is 4.74 Å². The van der Waals surface area contributed by atoms with Gasteiger partial charge in [0, 0.05) is 30.8 Å². The van der Waals surface area contributed by atoms with Crippen molar-refractivity contribution in [2.24, 2.45) is 7.05 Å². The molecular formula is C16H23N3O. The summed E-state index contributed by atoms with van der Waals surface area (Å²) in [6.07, 6.45) is 0.882. The van der Waals surface area contributed by atoms with Crippen LogP contribution in [0.25, 0.3) is 0 Å². The Kier molecular flexibility index (Phi) is 4.45. The SMILES string of the molecule is CNC(Cc1cc(C)nn1C)c1ccc(C)cc1OC. The summed E-state index contributed by atoms with van der Waals surface area (Å²) in [6, 6.07) is 8.68. The third-order valence-corrected chi connectivity index (χ3v) is 3.63. The number of hydrogen-bond donors (Lipinski definition) is 1. The Balaban J connectivity index is 2.30. The van der Waals surface area contributed by atoms with Crippen LogP contribution in [0.1, 0.15) is 28.6 Å². The van der Waals surface area contributed by atoms with Crippen molar-refractivity contribution in [3.63, 3.8) is 0 Å². The summed E-state index contributed by atoms with van der Waals surface area (Å²) in [5.41, 5.74) is 4.65. The Morgan fingerprint density at radius 3 is 2.60 bits per heavy atom. The summed E-state index contributed by atoms with van der Waals surface area (Å²) in [6.45, 7) is 4.09. The van der Waals surface area contributed by atoms with Gasteiger partial charge in [-0.25, -0.2) is 0 Å². The Bertz CT molecular complexity index is 589. The van der Waals surface area contributed by atoms with Crippen LogP contribution in [0.4, 0.5) is 0 Å². The molecule has 0 fully saturated rings. The fourth-order valence-electron chi connectivity index (χ4n) is 2.54. The standard InChI is InChI=1S/C16H23N3O/c1-11-6-7-14(16(8-11)20-5)15(17-3)10-13-9-12(2)18-19(13)4/h6-9,15,17H,10H2,1-5H3. The van der Waals surface area contributed by atoms with Gasteiger partial charge in [0.25, 0.3) is 0 Å². The van der Waals surface area contributed by atoms with E-state index in [-0.39, 0.29) is 6.04 Å². The maximum atomic E-state index is 5.52. The highest BCUT2D eigenvalue weighted by Gasteiger charge is 2.17. The number of likely N-dealkylation sites (N-methyl/N-ethyl adjacent to an activating group) is 1. The van der Waals surface area contributed by atoms with Crippen LogP contribution in [0.15, 0.2) is 24.3 Å². The Morgan fingerprint density at radius 2 is 2.05 bits per heavy atom. The fraction of sp³-hybridized carbons (Fsp3) is 0.438. The second-order valence-corrected chi connectivity index (χ2v) is 5.19. The van der Waals surface area contributed by atoms with Crippen molar-refractivity contribution in [1.82, 2.24) is 15.1 Å². The van der Waals surface area contributed by atoms with Crippen molar-refractivity contribution in [3.05, 3.63) is 46.8 Å². The lowest BCUT2D eigenvalue weighted by Gasteiger charge is -2.20. The van der Waals surface area contributed by atoms with Gasteiger partial charge in [-0.15, -0.1) is 0 Å². The molecule has 0 aliphatic carbocycles. The van der Waals surface area contributed by atoms with Crippen LogP contribution in [0.3, 0.4) is 0 Å². The smallest absolute Gasteiger partial charge is 0.123 e. The first-order valence-corrected chi connectivity index (χ1v) is 6.86. The normalized spacial score (nSPS) is 12.4. The molecule has 4 nitrogen and oxygen atoms in total. The highest BCUT2D eigenvalue weighted by molar-refractivity contribution is 5.39. The molecular weight excluding hydrogens is 250 g/mol. The zero-order chi connectivity index (χ0) is 14.7. The molecule has 0 saturated carbocycles. The molecule has 108 valence electrons. The monoisotopic (exact) mass is 273 g/mol. The lowest BCUT2D eigenvalue weighted by Crippen LogP contribution is -2.20. The number of methoxy groups -OCH3 is 1. The van der Waals surface area contributed by atoms with Gasteiger partial charge in [-0.05, 0) is 38.6 Å². The van der Waals surface area contributed by atoms with E-state index in [9.17, 15) is 0 Å². The molecule has 0 amide bonds. The molecule has 1 aromatic heterocycles. The van der Waals surface area contributed by atoms with E-state index in [0.29, 0.717) is 0 Å². The van der Waals surface area contributed by atoms with Gasteiger partial charge < -0.3 is 10.1 Å².